The van der Waals surface area contributed by atoms with Gasteiger partial charge in [-0.25, -0.2) is 0 Å². The summed E-state index contributed by atoms with van der Waals surface area (Å²) in [4.78, 5) is 0. The molecule has 0 bridgehead atoms. The number of aliphatic hydroxyl groups excluding tert-OH is 1. The van der Waals surface area contributed by atoms with Gasteiger partial charge in [0.1, 0.15) is 0 Å². The van der Waals surface area contributed by atoms with Crippen LogP contribution >= 0.6 is 0 Å². The maximum atomic E-state index is 9.43. The Morgan fingerprint density at radius 2 is 2.08 bits per heavy atom. The number of hydrogen-bond donors (Lipinski definition) is 1. The second-order valence-corrected chi connectivity index (χ2v) is 4.13. The summed E-state index contributed by atoms with van der Waals surface area (Å²) in [6.45, 7) is 1.45. The van der Waals surface area contributed by atoms with Crippen LogP contribution in [0.25, 0.3) is 0 Å². The van der Waals surface area contributed by atoms with E-state index >= 15 is 0 Å². The highest BCUT2D eigenvalue weighted by Gasteiger charge is 2.44. The van der Waals surface area contributed by atoms with Crippen molar-refractivity contribution in [3.63, 3.8) is 0 Å². The van der Waals surface area contributed by atoms with Crippen molar-refractivity contribution in [1.29, 1.82) is 0 Å². The van der Waals surface area contributed by atoms with Gasteiger partial charge in [-0.1, -0.05) is 5.57 Å². The molecule has 1 unspecified atom stereocenters. The summed E-state index contributed by atoms with van der Waals surface area (Å²) in [6, 6.07) is 0. The van der Waals surface area contributed by atoms with Crippen LogP contribution in [-0.2, 0) is 9.47 Å². The Morgan fingerprint density at radius 3 is 2.69 bits per heavy atom. The Hall–Kier alpha value is -0.380. The molecule has 1 saturated heterocycles. The molecule has 3 aliphatic rings. The summed E-state index contributed by atoms with van der Waals surface area (Å²) >= 11 is 0. The molecule has 1 atom stereocenters. The van der Waals surface area contributed by atoms with E-state index in [4.69, 9.17) is 9.47 Å². The third-order valence-electron chi connectivity index (χ3n) is 3.37. The zero-order valence-electron chi connectivity index (χ0n) is 7.58. The topological polar surface area (TPSA) is 38.7 Å². The van der Waals surface area contributed by atoms with Crippen molar-refractivity contribution in [3.05, 3.63) is 11.1 Å². The van der Waals surface area contributed by atoms with Gasteiger partial charge in [-0.15, -0.1) is 0 Å². The van der Waals surface area contributed by atoms with Crippen molar-refractivity contribution in [2.75, 3.05) is 13.2 Å². The lowest BCUT2D eigenvalue weighted by Gasteiger charge is -2.41. The van der Waals surface area contributed by atoms with Crippen LogP contribution < -0.4 is 0 Å². The third kappa shape index (κ3) is 1.08. The number of ether oxygens (including phenoxy) is 2. The van der Waals surface area contributed by atoms with Gasteiger partial charge in [0.25, 0.3) is 0 Å². The standard InChI is InChI=1S/C10H14O3/c11-9-5-7-6-10(2-1-8(7)9)12-3-4-13-10/h9,11H,1-6H2. The molecule has 0 aromatic heterocycles. The van der Waals surface area contributed by atoms with E-state index in [-0.39, 0.29) is 11.9 Å². The zero-order chi connectivity index (χ0) is 8.89. The lowest BCUT2D eigenvalue weighted by atomic mass is 9.74. The fourth-order valence-electron chi connectivity index (χ4n) is 2.60. The molecule has 0 radical (unpaired) electrons. The van der Waals surface area contributed by atoms with Crippen LogP contribution in [0.3, 0.4) is 0 Å². The molecule has 1 N–H and O–H groups in total. The molecule has 0 amide bonds. The molecular formula is C10H14O3. The van der Waals surface area contributed by atoms with Crippen molar-refractivity contribution in [1.82, 2.24) is 0 Å². The smallest absolute Gasteiger partial charge is 0.172 e. The lowest BCUT2D eigenvalue weighted by Crippen LogP contribution is -2.40. The Balaban J connectivity index is 1.81. The maximum Gasteiger partial charge on any atom is 0.172 e. The molecule has 1 aliphatic heterocycles. The molecule has 3 heteroatoms. The molecular weight excluding hydrogens is 168 g/mol. The van der Waals surface area contributed by atoms with Gasteiger partial charge < -0.3 is 14.6 Å². The lowest BCUT2D eigenvalue weighted by molar-refractivity contribution is -0.167. The van der Waals surface area contributed by atoms with Crippen molar-refractivity contribution < 1.29 is 14.6 Å². The van der Waals surface area contributed by atoms with E-state index in [0.29, 0.717) is 0 Å². The van der Waals surface area contributed by atoms with E-state index in [0.717, 1.165) is 38.9 Å². The van der Waals surface area contributed by atoms with Gasteiger partial charge in [0.2, 0.25) is 0 Å². The highest BCUT2D eigenvalue weighted by atomic mass is 16.7. The van der Waals surface area contributed by atoms with Crippen molar-refractivity contribution in [2.24, 2.45) is 0 Å². The summed E-state index contributed by atoms with van der Waals surface area (Å²) < 4.78 is 11.3. The van der Waals surface area contributed by atoms with E-state index < -0.39 is 0 Å². The van der Waals surface area contributed by atoms with E-state index in [1.165, 1.54) is 11.1 Å². The first-order chi connectivity index (χ1) is 6.29. The van der Waals surface area contributed by atoms with Crippen LogP contribution in [0.1, 0.15) is 25.7 Å². The first-order valence-corrected chi connectivity index (χ1v) is 4.96. The molecule has 0 aromatic carbocycles. The molecule has 1 spiro atoms. The second kappa shape index (κ2) is 2.56. The van der Waals surface area contributed by atoms with Crippen LogP contribution in [0.4, 0.5) is 0 Å². The molecule has 13 heavy (non-hydrogen) atoms. The molecule has 2 aliphatic carbocycles. The quantitative estimate of drug-likeness (QED) is 0.567. The van der Waals surface area contributed by atoms with Gasteiger partial charge >= 0.3 is 0 Å². The van der Waals surface area contributed by atoms with E-state index in [1.54, 1.807) is 0 Å². The highest BCUT2D eigenvalue weighted by Crippen LogP contribution is 2.46. The average Bonchev–Trinajstić information content (AvgIpc) is 2.52. The third-order valence-corrected chi connectivity index (χ3v) is 3.37. The van der Waals surface area contributed by atoms with Crippen molar-refractivity contribution >= 4 is 0 Å². The van der Waals surface area contributed by atoms with Crippen LogP contribution in [0.2, 0.25) is 0 Å². The average molecular weight is 182 g/mol. The Bertz CT molecular complexity index is 263. The Kier molecular flexibility index (Phi) is 1.57. The molecule has 1 heterocycles. The SMILES string of the molecule is OC1CC2=C1CCC1(C2)OCCO1. The van der Waals surface area contributed by atoms with Gasteiger partial charge in [0.15, 0.2) is 5.79 Å². The van der Waals surface area contributed by atoms with Gasteiger partial charge in [-0.2, -0.15) is 0 Å². The van der Waals surface area contributed by atoms with E-state index in [9.17, 15) is 5.11 Å². The van der Waals surface area contributed by atoms with Crippen LogP contribution in [-0.4, -0.2) is 30.2 Å². The van der Waals surface area contributed by atoms with Gasteiger partial charge in [0.05, 0.1) is 19.3 Å². The zero-order valence-corrected chi connectivity index (χ0v) is 7.58. The molecule has 3 nitrogen and oxygen atoms in total. The van der Waals surface area contributed by atoms with Crippen LogP contribution in [0, 0.1) is 0 Å². The van der Waals surface area contributed by atoms with Crippen LogP contribution in [0.15, 0.2) is 11.1 Å². The van der Waals surface area contributed by atoms with Gasteiger partial charge in [0, 0.05) is 12.8 Å². The normalized spacial score (nSPS) is 36.2. The fourth-order valence-corrected chi connectivity index (χ4v) is 2.60. The van der Waals surface area contributed by atoms with Gasteiger partial charge in [-0.05, 0) is 18.4 Å². The summed E-state index contributed by atoms with van der Waals surface area (Å²) in [5.41, 5.74) is 2.63. The summed E-state index contributed by atoms with van der Waals surface area (Å²) in [5.74, 6) is -0.307. The number of rotatable bonds is 0. The molecule has 3 rings (SSSR count). The monoisotopic (exact) mass is 182 g/mol. The van der Waals surface area contributed by atoms with Crippen molar-refractivity contribution in [2.45, 2.75) is 37.6 Å². The molecule has 0 saturated carbocycles. The highest BCUT2D eigenvalue weighted by molar-refractivity contribution is 5.33. The Labute approximate surface area is 77.3 Å². The molecule has 72 valence electrons. The van der Waals surface area contributed by atoms with Gasteiger partial charge in [-0.3, -0.25) is 0 Å². The largest absolute Gasteiger partial charge is 0.388 e. The predicted octanol–water partition coefficient (Wildman–Crippen LogP) is 0.975. The molecule has 1 fully saturated rings. The predicted molar refractivity (Wildman–Crippen MR) is 46.1 cm³/mol. The minimum atomic E-state index is -0.307. The first kappa shape index (κ1) is 7.97. The minimum absolute atomic E-state index is 0.159. The summed E-state index contributed by atoms with van der Waals surface area (Å²) in [7, 11) is 0. The Morgan fingerprint density at radius 1 is 1.31 bits per heavy atom. The van der Waals surface area contributed by atoms with E-state index in [2.05, 4.69) is 0 Å². The summed E-state index contributed by atoms with van der Waals surface area (Å²) in [5, 5.41) is 9.43. The second-order valence-electron chi connectivity index (χ2n) is 4.13. The number of hydrogen-bond acceptors (Lipinski definition) is 3. The fraction of sp³-hybridized carbons (Fsp3) is 0.800. The summed E-state index contributed by atoms with van der Waals surface area (Å²) in [6.07, 6.45) is 3.44. The first-order valence-electron chi connectivity index (χ1n) is 4.96. The molecule has 0 aromatic rings. The minimum Gasteiger partial charge on any atom is -0.388 e. The number of aliphatic hydroxyl groups is 1. The van der Waals surface area contributed by atoms with Crippen LogP contribution in [0.5, 0.6) is 0 Å². The maximum absolute atomic E-state index is 9.43. The van der Waals surface area contributed by atoms with E-state index in [1.807, 2.05) is 0 Å². The van der Waals surface area contributed by atoms with Crippen molar-refractivity contribution in [3.8, 4) is 0 Å².